The second kappa shape index (κ2) is 4.03. The molecular weight excluding hydrogens is 188 g/mol. The van der Waals surface area contributed by atoms with Crippen molar-refractivity contribution in [2.75, 3.05) is 6.54 Å². The van der Waals surface area contributed by atoms with Crippen molar-refractivity contribution in [1.82, 2.24) is 4.98 Å². The molecule has 0 fully saturated rings. The number of aryl methyl sites for hydroxylation is 1. The first-order valence-corrected chi connectivity index (χ1v) is 5.28. The van der Waals surface area contributed by atoms with E-state index in [1.165, 1.54) is 5.56 Å². The number of hydrogen-bond acceptors (Lipinski definition) is 3. The van der Waals surface area contributed by atoms with Crippen molar-refractivity contribution < 1.29 is 4.42 Å². The van der Waals surface area contributed by atoms with Crippen LogP contribution in [0.5, 0.6) is 0 Å². The Morgan fingerprint density at radius 1 is 1.47 bits per heavy atom. The Morgan fingerprint density at radius 2 is 2.27 bits per heavy atom. The molecule has 0 amide bonds. The fraction of sp³-hybridized carbons (Fsp3) is 0.417. The molecule has 0 aliphatic rings. The van der Waals surface area contributed by atoms with Crippen LogP contribution in [0, 0.1) is 6.92 Å². The number of aromatic nitrogens is 1. The van der Waals surface area contributed by atoms with Crippen LogP contribution in [-0.4, -0.2) is 11.5 Å². The number of rotatable bonds is 3. The Kier molecular flexibility index (Phi) is 2.73. The van der Waals surface area contributed by atoms with Crippen LogP contribution in [0.3, 0.4) is 0 Å². The number of benzene rings is 1. The highest BCUT2D eigenvalue weighted by Gasteiger charge is 2.08. The molecule has 0 spiro atoms. The normalized spacial score (nSPS) is 13.3. The van der Waals surface area contributed by atoms with Gasteiger partial charge in [0.25, 0.3) is 0 Å². The van der Waals surface area contributed by atoms with Gasteiger partial charge >= 0.3 is 0 Å². The maximum absolute atomic E-state index is 5.55. The van der Waals surface area contributed by atoms with E-state index in [1.54, 1.807) is 0 Å². The third-order valence-corrected chi connectivity index (χ3v) is 2.69. The number of fused-ring (bicyclic) bond motifs is 1. The van der Waals surface area contributed by atoms with Crippen molar-refractivity contribution in [3.8, 4) is 0 Å². The van der Waals surface area contributed by atoms with E-state index in [0.29, 0.717) is 11.8 Å². The van der Waals surface area contributed by atoms with Gasteiger partial charge in [0.1, 0.15) is 5.52 Å². The number of nitrogens with two attached hydrogens (primary N) is 1. The molecule has 0 saturated carbocycles. The van der Waals surface area contributed by atoms with Crippen LogP contribution in [0.4, 0.5) is 0 Å². The lowest BCUT2D eigenvalue weighted by molar-refractivity contribution is 0.561. The van der Waals surface area contributed by atoms with E-state index in [0.717, 1.165) is 24.1 Å². The van der Waals surface area contributed by atoms with Gasteiger partial charge in [-0.15, -0.1) is 0 Å². The fourth-order valence-electron chi connectivity index (χ4n) is 1.78. The van der Waals surface area contributed by atoms with Crippen LogP contribution in [0.15, 0.2) is 22.6 Å². The smallest absolute Gasteiger partial charge is 0.192 e. The first-order chi connectivity index (χ1) is 7.20. The summed E-state index contributed by atoms with van der Waals surface area (Å²) in [6, 6.07) is 6.16. The number of oxazole rings is 1. The van der Waals surface area contributed by atoms with Gasteiger partial charge in [0.05, 0.1) is 0 Å². The summed E-state index contributed by atoms with van der Waals surface area (Å²) in [5, 5.41) is 0. The maximum Gasteiger partial charge on any atom is 0.192 e. The Hall–Kier alpha value is -1.35. The molecule has 0 bridgehead atoms. The van der Waals surface area contributed by atoms with Gasteiger partial charge in [0, 0.05) is 6.92 Å². The van der Waals surface area contributed by atoms with Gasteiger partial charge < -0.3 is 10.2 Å². The molecule has 0 aliphatic carbocycles. The average Bonchev–Trinajstić information content (AvgIpc) is 2.57. The number of hydrogen-bond donors (Lipinski definition) is 1. The van der Waals surface area contributed by atoms with Gasteiger partial charge in [-0.05, 0) is 36.6 Å². The SMILES string of the molecule is Cc1nc2cc(C(C)CCN)ccc2o1. The molecule has 0 radical (unpaired) electrons. The molecule has 1 aromatic heterocycles. The summed E-state index contributed by atoms with van der Waals surface area (Å²) in [5.74, 6) is 1.20. The lowest BCUT2D eigenvalue weighted by atomic mass is 9.98. The third kappa shape index (κ3) is 2.02. The quantitative estimate of drug-likeness (QED) is 0.836. The van der Waals surface area contributed by atoms with Gasteiger partial charge in [-0.3, -0.25) is 0 Å². The second-order valence-corrected chi connectivity index (χ2v) is 3.94. The second-order valence-electron chi connectivity index (χ2n) is 3.94. The average molecular weight is 204 g/mol. The zero-order valence-electron chi connectivity index (χ0n) is 9.16. The number of nitrogens with zero attached hydrogens (tertiary/aromatic N) is 1. The summed E-state index contributed by atoms with van der Waals surface area (Å²) in [6.07, 6.45) is 1.00. The lowest BCUT2D eigenvalue weighted by Gasteiger charge is -2.09. The minimum Gasteiger partial charge on any atom is -0.441 e. The van der Waals surface area contributed by atoms with Gasteiger partial charge in [-0.2, -0.15) is 0 Å². The van der Waals surface area contributed by atoms with Crippen LogP contribution in [0.2, 0.25) is 0 Å². The summed E-state index contributed by atoms with van der Waals surface area (Å²) in [7, 11) is 0. The van der Waals surface area contributed by atoms with Gasteiger partial charge in [-0.25, -0.2) is 4.98 Å². The minimum atomic E-state index is 0.483. The summed E-state index contributed by atoms with van der Waals surface area (Å²) >= 11 is 0. The molecule has 3 nitrogen and oxygen atoms in total. The first kappa shape index (κ1) is 10.2. The van der Waals surface area contributed by atoms with Gasteiger partial charge in [0.2, 0.25) is 0 Å². The van der Waals surface area contributed by atoms with E-state index in [9.17, 15) is 0 Å². The zero-order valence-corrected chi connectivity index (χ0v) is 9.16. The Balaban J connectivity index is 2.37. The summed E-state index contributed by atoms with van der Waals surface area (Å²) in [5.41, 5.74) is 8.62. The largest absolute Gasteiger partial charge is 0.441 e. The van der Waals surface area contributed by atoms with Crippen LogP contribution >= 0.6 is 0 Å². The molecule has 2 rings (SSSR count). The molecule has 2 aromatic rings. The molecule has 1 unspecified atom stereocenters. The molecule has 0 aliphatic heterocycles. The Morgan fingerprint density at radius 3 is 3.00 bits per heavy atom. The molecule has 1 atom stereocenters. The van der Waals surface area contributed by atoms with E-state index in [2.05, 4.69) is 24.0 Å². The van der Waals surface area contributed by atoms with Crippen molar-refractivity contribution in [3.05, 3.63) is 29.7 Å². The topological polar surface area (TPSA) is 52.0 Å². The van der Waals surface area contributed by atoms with Crippen molar-refractivity contribution in [1.29, 1.82) is 0 Å². The molecule has 2 N–H and O–H groups in total. The summed E-state index contributed by atoms with van der Waals surface area (Å²) < 4.78 is 5.43. The van der Waals surface area contributed by atoms with Crippen molar-refractivity contribution >= 4 is 11.1 Å². The highest BCUT2D eigenvalue weighted by atomic mass is 16.3. The molecule has 80 valence electrons. The van der Waals surface area contributed by atoms with Crippen LogP contribution in [0.1, 0.15) is 30.7 Å². The fourth-order valence-corrected chi connectivity index (χ4v) is 1.78. The van der Waals surface area contributed by atoms with E-state index >= 15 is 0 Å². The highest BCUT2D eigenvalue weighted by molar-refractivity contribution is 5.73. The summed E-state index contributed by atoms with van der Waals surface area (Å²) in [6.45, 7) is 4.76. The Bertz CT molecular complexity index is 462. The van der Waals surface area contributed by atoms with Crippen LogP contribution in [-0.2, 0) is 0 Å². The monoisotopic (exact) mass is 204 g/mol. The van der Waals surface area contributed by atoms with Crippen LogP contribution in [0.25, 0.3) is 11.1 Å². The van der Waals surface area contributed by atoms with Crippen molar-refractivity contribution in [2.45, 2.75) is 26.2 Å². The summed E-state index contributed by atoms with van der Waals surface area (Å²) in [4.78, 5) is 4.32. The Labute approximate surface area is 89.3 Å². The van der Waals surface area contributed by atoms with E-state index in [-0.39, 0.29) is 0 Å². The molecule has 15 heavy (non-hydrogen) atoms. The van der Waals surface area contributed by atoms with Crippen molar-refractivity contribution in [3.63, 3.8) is 0 Å². The predicted molar refractivity (Wildman–Crippen MR) is 60.8 cm³/mol. The molecule has 1 aromatic carbocycles. The lowest BCUT2D eigenvalue weighted by Crippen LogP contribution is -2.04. The standard InChI is InChI=1S/C12H16N2O/c1-8(5-6-13)10-3-4-12-11(7-10)14-9(2)15-12/h3-4,7-8H,5-6,13H2,1-2H3. The van der Waals surface area contributed by atoms with E-state index in [1.807, 2.05) is 13.0 Å². The van der Waals surface area contributed by atoms with Gasteiger partial charge in [-0.1, -0.05) is 13.0 Å². The molecule has 1 heterocycles. The predicted octanol–water partition coefficient (Wildman–Crippen LogP) is 2.59. The van der Waals surface area contributed by atoms with Gasteiger partial charge in [0.15, 0.2) is 11.5 Å². The zero-order chi connectivity index (χ0) is 10.8. The maximum atomic E-state index is 5.55. The van der Waals surface area contributed by atoms with Crippen LogP contribution < -0.4 is 5.73 Å². The molecule has 3 heteroatoms. The molecule has 0 saturated heterocycles. The highest BCUT2D eigenvalue weighted by Crippen LogP contribution is 2.23. The minimum absolute atomic E-state index is 0.483. The van der Waals surface area contributed by atoms with Crippen molar-refractivity contribution in [2.24, 2.45) is 5.73 Å². The first-order valence-electron chi connectivity index (χ1n) is 5.28. The third-order valence-electron chi connectivity index (χ3n) is 2.69. The van der Waals surface area contributed by atoms with E-state index < -0.39 is 0 Å². The molecular formula is C12H16N2O. The van der Waals surface area contributed by atoms with E-state index in [4.69, 9.17) is 10.2 Å².